The van der Waals surface area contributed by atoms with E-state index in [0.717, 1.165) is 5.92 Å². The lowest BCUT2D eigenvalue weighted by molar-refractivity contribution is 0.363. The molecule has 0 aromatic rings. The molecule has 0 aliphatic heterocycles. The molecule has 0 aromatic heterocycles. The monoisotopic (exact) mass is 158 g/mol. The Morgan fingerprint density at radius 2 is 1.80 bits per heavy atom. The van der Waals surface area contributed by atoms with E-state index >= 15 is 0 Å². The van der Waals surface area contributed by atoms with Crippen LogP contribution < -0.4 is 0 Å². The zero-order valence-electron chi connectivity index (χ0n) is 8.20. The molecule has 0 aliphatic rings. The number of hydrogen-bond acceptors (Lipinski definition) is 0. The Morgan fingerprint density at radius 1 is 1.30 bits per heavy atom. The van der Waals surface area contributed by atoms with Crippen molar-refractivity contribution in [2.24, 2.45) is 5.92 Å². The Hall–Kier alpha value is 0.217. The first-order valence-corrected chi connectivity index (χ1v) is 5.52. The van der Waals surface area contributed by atoms with E-state index in [0.29, 0.717) is 5.04 Å². The van der Waals surface area contributed by atoms with Crippen LogP contribution in [-0.2, 0) is 0 Å². The zero-order chi connectivity index (χ0) is 8.20. The van der Waals surface area contributed by atoms with Gasteiger partial charge in [0.2, 0.25) is 0 Å². The van der Waals surface area contributed by atoms with Gasteiger partial charge in [0.05, 0.1) is 0 Å². The Morgan fingerprint density at radius 3 is 1.90 bits per heavy atom. The number of hydrogen-bond donors (Lipinski definition) is 0. The first kappa shape index (κ1) is 10.2. The van der Waals surface area contributed by atoms with Crippen LogP contribution in [0.2, 0.25) is 5.04 Å². The molecule has 0 rings (SSSR count). The highest BCUT2D eigenvalue weighted by molar-refractivity contribution is 6.14. The normalized spacial score (nSPS) is 15.6. The predicted octanol–water partition coefficient (Wildman–Crippen LogP) is 2.38. The fraction of sp³-hybridized carbons (Fsp3) is 1.00. The van der Waals surface area contributed by atoms with Crippen molar-refractivity contribution in [2.45, 2.75) is 52.0 Å². The minimum atomic E-state index is 0.658. The summed E-state index contributed by atoms with van der Waals surface area (Å²) in [5.74, 6) is 0.976. The lowest BCUT2D eigenvalue weighted by Crippen LogP contribution is -2.16. The second-order valence-electron chi connectivity index (χ2n) is 4.26. The van der Waals surface area contributed by atoms with Crippen molar-refractivity contribution >= 4 is 10.2 Å². The van der Waals surface area contributed by atoms with Gasteiger partial charge in [0.25, 0.3) is 0 Å². The molecule has 62 valence electrons. The molecule has 1 atom stereocenters. The predicted molar refractivity (Wildman–Crippen MR) is 52.7 cm³/mol. The van der Waals surface area contributed by atoms with E-state index < -0.39 is 0 Å². The Kier molecular flexibility index (Phi) is 4.26. The van der Waals surface area contributed by atoms with Gasteiger partial charge in [-0.3, -0.25) is 0 Å². The number of rotatable bonds is 4. The molecule has 10 heavy (non-hydrogen) atoms. The molecule has 0 bridgehead atoms. The summed E-state index contributed by atoms with van der Waals surface area (Å²) in [4.78, 5) is 0. The topological polar surface area (TPSA) is 0 Å². The van der Waals surface area contributed by atoms with E-state index in [1.807, 2.05) is 0 Å². The average Bonchev–Trinajstić information content (AvgIpc) is 1.80. The molecular formula is C9H22Si. The van der Waals surface area contributed by atoms with Crippen molar-refractivity contribution in [1.29, 1.82) is 0 Å². The van der Waals surface area contributed by atoms with E-state index in [4.69, 9.17) is 0 Å². The fourth-order valence-corrected chi connectivity index (χ4v) is 2.29. The maximum absolute atomic E-state index is 2.41. The maximum Gasteiger partial charge on any atom is 0.0103 e. The van der Waals surface area contributed by atoms with Crippen molar-refractivity contribution < 1.29 is 0 Å². The summed E-state index contributed by atoms with van der Waals surface area (Å²) >= 11 is 0. The van der Waals surface area contributed by atoms with Gasteiger partial charge in [-0.05, 0) is 11.0 Å². The summed E-state index contributed by atoms with van der Waals surface area (Å²) < 4.78 is 0. The minimum absolute atomic E-state index is 0.658. The van der Waals surface area contributed by atoms with Gasteiger partial charge in [0.1, 0.15) is 0 Å². The summed E-state index contributed by atoms with van der Waals surface area (Å²) in [6.45, 7) is 9.42. The molecule has 1 heteroatoms. The Balaban J connectivity index is 3.81. The van der Waals surface area contributed by atoms with Crippen LogP contribution in [-0.4, -0.2) is 10.2 Å². The second kappa shape index (κ2) is 4.17. The quantitative estimate of drug-likeness (QED) is 0.551. The second-order valence-corrected chi connectivity index (χ2v) is 6.84. The van der Waals surface area contributed by atoms with Gasteiger partial charge in [0, 0.05) is 10.2 Å². The van der Waals surface area contributed by atoms with Gasteiger partial charge in [-0.2, -0.15) is 0 Å². The van der Waals surface area contributed by atoms with E-state index in [9.17, 15) is 0 Å². The summed E-state index contributed by atoms with van der Waals surface area (Å²) in [5, 5.41) is 0.658. The van der Waals surface area contributed by atoms with Crippen molar-refractivity contribution in [3.05, 3.63) is 0 Å². The van der Waals surface area contributed by atoms with Gasteiger partial charge in [0.15, 0.2) is 0 Å². The minimum Gasteiger partial charge on any atom is -0.0654 e. The van der Waals surface area contributed by atoms with Crippen LogP contribution in [0.15, 0.2) is 0 Å². The van der Waals surface area contributed by atoms with Crippen LogP contribution in [0.4, 0.5) is 0 Å². The maximum atomic E-state index is 2.41. The van der Waals surface area contributed by atoms with E-state index in [1.165, 1.54) is 29.5 Å². The third-order valence-corrected chi connectivity index (χ3v) is 3.17. The molecule has 0 fully saturated rings. The van der Waals surface area contributed by atoms with E-state index in [1.54, 1.807) is 0 Å². The smallest absolute Gasteiger partial charge is 0.0103 e. The summed E-state index contributed by atoms with van der Waals surface area (Å²) in [6, 6.07) is 0. The van der Waals surface area contributed by atoms with Crippen LogP contribution in [0.5, 0.6) is 0 Å². The highest BCUT2D eigenvalue weighted by Crippen LogP contribution is 2.35. The molecule has 0 nitrogen and oxygen atoms in total. The van der Waals surface area contributed by atoms with E-state index in [-0.39, 0.29) is 0 Å². The van der Waals surface area contributed by atoms with Crippen LogP contribution in [0.3, 0.4) is 0 Å². The molecule has 0 saturated carbocycles. The Bertz CT molecular complexity index is 81.2. The Labute approximate surface area is 68.8 Å². The van der Waals surface area contributed by atoms with Crippen LogP contribution in [0.25, 0.3) is 0 Å². The van der Waals surface area contributed by atoms with Crippen molar-refractivity contribution in [3.8, 4) is 0 Å². The molecule has 0 saturated heterocycles. The van der Waals surface area contributed by atoms with E-state index in [2.05, 4.69) is 27.7 Å². The fourth-order valence-electron chi connectivity index (χ4n) is 1.60. The zero-order valence-corrected chi connectivity index (χ0v) is 10.2. The molecule has 0 aromatic carbocycles. The summed E-state index contributed by atoms with van der Waals surface area (Å²) in [7, 11) is 1.34. The third-order valence-electron chi connectivity index (χ3n) is 2.35. The average molecular weight is 158 g/mol. The lowest BCUT2D eigenvalue weighted by Gasteiger charge is -2.29. The van der Waals surface area contributed by atoms with Gasteiger partial charge < -0.3 is 0 Å². The van der Waals surface area contributed by atoms with Gasteiger partial charge in [-0.25, -0.2) is 0 Å². The summed E-state index contributed by atoms with van der Waals surface area (Å²) in [6.07, 6.45) is 4.14. The first-order valence-electron chi connectivity index (χ1n) is 4.52. The lowest BCUT2D eigenvalue weighted by atomic mass is 9.88. The third kappa shape index (κ3) is 3.40. The van der Waals surface area contributed by atoms with Gasteiger partial charge in [-0.1, -0.05) is 47.0 Å². The molecule has 0 radical (unpaired) electrons. The molecule has 0 heterocycles. The highest BCUT2D eigenvalue weighted by atomic mass is 28.1. The molecule has 0 N–H and O–H groups in total. The largest absolute Gasteiger partial charge is 0.0654 e. The van der Waals surface area contributed by atoms with Crippen LogP contribution in [0, 0.1) is 5.92 Å². The molecular weight excluding hydrogens is 136 g/mol. The summed E-state index contributed by atoms with van der Waals surface area (Å²) in [5.41, 5.74) is 0. The standard InChI is InChI=1S/C9H22Si/c1-5-7-8(6-2)9(3,4)10/h8H,5-7H2,1-4,10H3. The molecule has 0 spiro atoms. The first-order chi connectivity index (χ1) is 4.52. The highest BCUT2D eigenvalue weighted by Gasteiger charge is 2.21. The molecule has 0 amide bonds. The van der Waals surface area contributed by atoms with Gasteiger partial charge >= 0.3 is 0 Å². The van der Waals surface area contributed by atoms with Crippen molar-refractivity contribution in [3.63, 3.8) is 0 Å². The van der Waals surface area contributed by atoms with Crippen LogP contribution >= 0.6 is 0 Å². The molecule has 0 aliphatic carbocycles. The SMILES string of the molecule is CCCC(CC)C(C)(C)[SiH3]. The van der Waals surface area contributed by atoms with Crippen molar-refractivity contribution in [1.82, 2.24) is 0 Å². The van der Waals surface area contributed by atoms with Crippen LogP contribution in [0.1, 0.15) is 47.0 Å². The molecule has 1 unspecified atom stereocenters. The van der Waals surface area contributed by atoms with Gasteiger partial charge in [-0.15, -0.1) is 0 Å². The van der Waals surface area contributed by atoms with Crippen molar-refractivity contribution in [2.75, 3.05) is 0 Å².